The predicted molar refractivity (Wildman–Crippen MR) is 89.1 cm³/mol. The molecular formula is C17H21NO4S. The highest BCUT2D eigenvalue weighted by atomic mass is 32.2. The van der Waals surface area contributed by atoms with E-state index in [0.717, 1.165) is 23.0 Å². The summed E-state index contributed by atoms with van der Waals surface area (Å²) in [6.07, 6.45) is 3.31. The van der Waals surface area contributed by atoms with Crippen molar-refractivity contribution in [2.75, 3.05) is 18.6 Å². The molecule has 1 unspecified atom stereocenters. The fraction of sp³-hybridized carbons (Fsp3) is 0.471. The van der Waals surface area contributed by atoms with Crippen molar-refractivity contribution in [3.8, 4) is 0 Å². The topological polar surface area (TPSA) is 67.6 Å². The van der Waals surface area contributed by atoms with Gasteiger partial charge in [0, 0.05) is 24.0 Å². The normalized spacial score (nSPS) is 20.0. The van der Waals surface area contributed by atoms with Crippen LogP contribution in [0.25, 0.3) is 11.0 Å². The minimum atomic E-state index is -2.99. The summed E-state index contributed by atoms with van der Waals surface area (Å²) in [6.45, 7) is 2.08. The van der Waals surface area contributed by atoms with E-state index < -0.39 is 9.84 Å². The Morgan fingerprint density at radius 2 is 2.17 bits per heavy atom. The summed E-state index contributed by atoms with van der Waals surface area (Å²) in [5, 5.41) is 0.947. The van der Waals surface area contributed by atoms with Crippen LogP contribution in [0.15, 0.2) is 28.9 Å². The smallest absolute Gasteiger partial charge is 0.227 e. The largest absolute Gasteiger partial charge is 0.464 e. The standard InChI is InChI=1S/C17H21NO4S/c1-3-12-4-5-15-13(10-22-16(15)8-12)9-17(19)18(2)14-6-7-23(20,21)11-14/h4-5,8,10,14H,3,6-7,9,11H2,1-2H3. The number of hydrogen-bond acceptors (Lipinski definition) is 4. The van der Waals surface area contributed by atoms with Gasteiger partial charge in [-0.05, 0) is 24.5 Å². The van der Waals surface area contributed by atoms with Gasteiger partial charge in [-0.2, -0.15) is 0 Å². The van der Waals surface area contributed by atoms with Crippen LogP contribution in [0.3, 0.4) is 0 Å². The van der Waals surface area contributed by atoms with Gasteiger partial charge < -0.3 is 9.32 Å². The van der Waals surface area contributed by atoms with Crippen LogP contribution in [-0.2, 0) is 27.5 Å². The number of sulfone groups is 1. The minimum Gasteiger partial charge on any atom is -0.464 e. The summed E-state index contributed by atoms with van der Waals surface area (Å²) in [6, 6.07) is 5.81. The average molecular weight is 335 g/mol. The number of benzene rings is 1. The summed E-state index contributed by atoms with van der Waals surface area (Å²) in [7, 11) is -1.30. The Labute approximate surface area is 136 Å². The monoisotopic (exact) mass is 335 g/mol. The molecule has 1 fully saturated rings. The molecule has 1 aromatic heterocycles. The number of nitrogens with zero attached hydrogens (tertiary/aromatic N) is 1. The number of carbonyl (C=O) groups excluding carboxylic acids is 1. The molecule has 1 aliphatic rings. The zero-order chi connectivity index (χ0) is 16.6. The number of amides is 1. The summed E-state index contributed by atoms with van der Waals surface area (Å²) >= 11 is 0. The van der Waals surface area contributed by atoms with Crippen LogP contribution in [0.5, 0.6) is 0 Å². The Hall–Kier alpha value is -1.82. The molecule has 0 radical (unpaired) electrons. The summed E-state index contributed by atoms with van der Waals surface area (Å²) in [4.78, 5) is 14.0. The van der Waals surface area contributed by atoms with Crippen LogP contribution in [0.4, 0.5) is 0 Å². The molecule has 1 amide bonds. The Bertz CT molecular complexity index is 837. The van der Waals surface area contributed by atoms with Crippen LogP contribution < -0.4 is 0 Å². The van der Waals surface area contributed by atoms with Gasteiger partial charge in [0.2, 0.25) is 5.91 Å². The van der Waals surface area contributed by atoms with Gasteiger partial charge >= 0.3 is 0 Å². The minimum absolute atomic E-state index is 0.0707. The molecule has 3 rings (SSSR count). The molecule has 0 saturated carbocycles. The maximum Gasteiger partial charge on any atom is 0.227 e. The Kier molecular flexibility index (Phi) is 4.19. The molecule has 124 valence electrons. The van der Waals surface area contributed by atoms with E-state index in [0.29, 0.717) is 6.42 Å². The predicted octanol–water partition coefficient (Wildman–Crippen LogP) is 2.18. The molecule has 5 nitrogen and oxygen atoms in total. The van der Waals surface area contributed by atoms with E-state index in [1.165, 1.54) is 5.56 Å². The third-order valence-corrected chi connectivity index (χ3v) is 6.37. The number of likely N-dealkylation sites (N-methyl/N-ethyl adjacent to an activating group) is 1. The average Bonchev–Trinajstić information content (AvgIpc) is 3.09. The molecule has 2 aromatic rings. The van der Waals surface area contributed by atoms with Gasteiger partial charge in [-0.1, -0.05) is 19.1 Å². The summed E-state index contributed by atoms with van der Waals surface area (Å²) < 4.78 is 28.7. The number of aryl methyl sites for hydroxylation is 1. The van der Waals surface area contributed by atoms with Gasteiger partial charge in [0.15, 0.2) is 9.84 Å². The first-order valence-electron chi connectivity index (χ1n) is 7.84. The highest BCUT2D eigenvalue weighted by Gasteiger charge is 2.32. The van der Waals surface area contributed by atoms with E-state index in [-0.39, 0.29) is 29.9 Å². The Balaban J connectivity index is 1.75. The van der Waals surface area contributed by atoms with Crippen molar-refractivity contribution < 1.29 is 17.6 Å². The van der Waals surface area contributed by atoms with Crippen LogP contribution in [0.2, 0.25) is 0 Å². The number of rotatable bonds is 4. The number of carbonyl (C=O) groups is 1. The Morgan fingerprint density at radius 1 is 1.39 bits per heavy atom. The molecule has 0 bridgehead atoms. The molecule has 0 N–H and O–H groups in total. The molecule has 1 saturated heterocycles. The number of furan rings is 1. The maximum absolute atomic E-state index is 12.5. The van der Waals surface area contributed by atoms with Crippen molar-refractivity contribution in [2.24, 2.45) is 0 Å². The molecule has 2 heterocycles. The lowest BCUT2D eigenvalue weighted by atomic mass is 10.1. The van der Waals surface area contributed by atoms with E-state index in [9.17, 15) is 13.2 Å². The lowest BCUT2D eigenvalue weighted by Gasteiger charge is -2.23. The Morgan fingerprint density at radius 3 is 2.83 bits per heavy atom. The zero-order valence-electron chi connectivity index (χ0n) is 13.4. The van der Waals surface area contributed by atoms with Gasteiger partial charge in [0.25, 0.3) is 0 Å². The number of fused-ring (bicyclic) bond motifs is 1. The fourth-order valence-corrected chi connectivity index (χ4v) is 4.83. The van der Waals surface area contributed by atoms with Crippen LogP contribution in [0, 0.1) is 0 Å². The van der Waals surface area contributed by atoms with Crippen LogP contribution >= 0.6 is 0 Å². The third kappa shape index (κ3) is 3.27. The van der Waals surface area contributed by atoms with Gasteiger partial charge in [0.05, 0.1) is 24.2 Å². The summed E-state index contributed by atoms with van der Waals surface area (Å²) in [5.41, 5.74) is 2.83. The molecule has 1 aromatic carbocycles. The van der Waals surface area contributed by atoms with Crippen molar-refractivity contribution in [3.05, 3.63) is 35.6 Å². The van der Waals surface area contributed by atoms with Gasteiger partial charge in [0.1, 0.15) is 5.58 Å². The molecule has 6 heteroatoms. The molecule has 1 atom stereocenters. The highest BCUT2D eigenvalue weighted by Crippen LogP contribution is 2.24. The van der Waals surface area contributed by atoms with E-state index in [4.69, 9.17) is 4.42 Å². The fourth-order valence-electron chi connectivity index (χ4n) is 3.06. The molecular weight excluding hydrogens is 314 g/mol. The second-order valence-corrected chi connectivity index (χ2v) is 8.41. The number of hydrogen-bond donors (Lipinski definition) is 0. The first-order chi connectivity index (χ1) is 10.9. The summed E-state index contributed by atoms with van der Waals surface area (Å²) in [5.74, 6) is 0.166. The second kappa shape index (κ2) is 6.00. The third-order valence-electron chi connectivity index (χ3n) is 4.62. The van der Waals surface area contributed by atoms with Gasteiger partial charge in [-0.3, -0.25) is 4.79 Å². The van der Waals surface area contributed by atoms with Crippen LogP contribution in [-0.4, -0.2) is 43.8 Å². The second-order valence-electron chi connectivity index (χ2n) is 6.18. The van der Waals surface area contributed by atoms with Crippen LogP contribution in [0.1, 0.15) is 24.5 Å². The van der Waals surface area contributed by atoms with Crippen molar-refractivity contribution >= 4 is 26.7 Å². The van der Waals surface area contributed by atoms with Crippen molar-refractivity contribution in [1.82, 2.24) is 4.90 Å². The first-order valence-corrected chi connectivity index (χ1v) is 9.67. The van der Waals surface area contributed by atoms with E-state index >= 15 is 0 Å². The van der Waals surface area contributed by atoms with Crippen molar-refractivity contribution in [3.63, 3.8) is 0 Å². The van der Waals surface area contributed by atoms with E-state index in [1.807, 2.05) is 18.2 Å². The van der Waals surface area contributed by atoms with Gasteiger partial charge in [-0.15, -0.1) is 0 Å². The van der Waals surface area contributed by atoms with Crippen molar-refractivity contribution in [1.29, 1.82) is 0 Å². The lowest BCUT2D eigenvalue weighted by molar-refractivity contribution is -0.130. The first kappa shape index (κ1) is 16.1. The quantitative estimate of drug-likeness (QED) is 0.859. The van der Waals surface area contributed by atoms with Gasteiger partial charge in [-0.25, -0.2) is 8.42 Å². The molecule has 0 spiro atoms. The zero-order valence-corrected chi connectivity index (χ0v) is 14.2. The maximum atomic E-state index is 12.5. The molecule has 1 aliphatic heterocycles. The highest BCUT2D eigenvalue weighted by molar-refractivity contribution is 7.91. The van der Waals surface area contributed by atoms with E-state index in [1.54, 1.807) is 18.2 Å². The SMILES string of the molecule is CCc1ccc2c(CC(=O)N(C)C3CCS(=O)(=O)C3)coc2c1. The lowest BCUT2D eigenvalue weighted by Crippen LogP contribution is -2.38. The molecule has 23 heavy (non-hydrogen) atoms. The van der Waals surface area contributed by atoms with E-state index in [2.05, 4.69) is 6.92 Å². The molecule has 0 aliphatic carbocycles. The van der Waals surface area contributed by atoms with Crippen molar-refractivity contribution in [2.45, 2.75) is 32.2 Å².